The third-order valence-electron chi connectivity index (χ3n) is 3.62. The lowest BCUT2D eigenvalue weighted by Crippen LogP contribution is -2.46. The average Bonchev–Trinajstić information content (AvgIpc) is 2.46. The predicted octanol–water partition coefficient (Wildman–Crippen LogP) is 2.18. The molecule has 1 aliphatic heterocycles. The summed E-state index contributed by atoms with van der Waals surface area (Å²) in [6, 6.07) is 5.76. The molecule has 1 heterocycles. The SMILES string of the molecule is CN(C(=O)N1CCC(C(=O)O)CC1)c1ccccc1F. The van der Waals surface area contributed by atoms with Crippen molar-refractivity contribution < 1.29 is 19.1 Å². The topological polar surface area (TPSA) is 60.9 Å². The molecular weight excluding hydrogens is 263 g/mol. The van der Waals surface area contributed by atoms with Crippen molar-refractivity contribution in [3.8, 4) is 0 Å². The van der Waals surface area contributed by atoms with Gasteiger partial charge in [0.15, 0.2) is 0 Å². The molecule has 0 saturated carbocycles. The van der Waals surface area contributed by atoms with E-state index in [1.165, 1.54) is 24.1 Å². The summed E-state index contributed by atoms with van der Waals surface area (Å²) in [4.78, 5) is 26.0. The Balaban J connectivity index is 2.02. The Morgan fingerprint density at radius 2 is 1.90 bits per heavy atom. The second-order valence-corrected chi connectivity index (χ2v) is 4.89. The third kappa shape index (κ3) is 2.89. The number of carbonyl (C=O) groups excluding carboxylic acids is 1. The molecule has 0 aromatic heterocycles. The number of hydrogen-bond donors (Lipinski definition) is 1. The number of piperidine rings is 1. The summed E-state index contributed by atoms with van der Waals surface area (Å²) in [5, 5.41) is 8.92. The lowest BCUT2D eigenvalue weighted by molar-refractivity contribution is -0.143. The molecule has 0 atom stereocenters. The van der Waals surface area contributed by atoms with Gasteiger partial charge in [-0.05, 0) is 25.0 Å². The highest BCUT2D eigenvalue weighted by atomic mass is 19.1. The Kier molecular flexibility index (Phi) is 4.22. The van der Waals surface area contributed by atoms with E-state index in [1.807, 2.05) is 0 Å². The first-order valence-electron chi connectivity index (χ1n) is 6.50. The normalized spacial score (nSPS) is 16.0. The van der Waals surface area contributed by atoms with Crippen LogP contribution in [0.4, 0.5) is 14.9 Å². The van der Waals surface area contributed by atoms with Crippen molar-refractivity contribution in [3.63, 3.8) is 0 Å². The van der Waals surface area contributed by atoms with Crippen LogP contribution in [-0.2, 0) is 4.79 Å². The summed E-state index contributed by atoms with van der Waals surface area (Å²) in [6.07, 6.45) is 0.873. The van der Waals surface area contributed by atoms with Gasteiger partial charge >= 0.3 is 12.0 Å². The van der Waals surface area contributed by atoms with E-state index in [0.717, 1.165) is 0 Å². The molecule has 0 unspecified atom stereocenters. The third-order valence-corrected chi connectivity index (χ3v) is 3.62. The van der Waals surface area contributed by atoms with Gasteiger partial charge in [0, 0.05) is 20.1 Å². The Labute approximate surface area is 116 Å². The van der Waals surface area contributed by atoms with E-state index < -0.39 is 17.7 Å². The second-order valence-electron chi connectivity index (χ2n) is 4.89. The lowest BCUT2D eigenvalue weighted by Gasteiger charge is -2.33. The largest absolute Gasteiger partial charge is 0.481 e. The second kappa shape index (κ2) is 5.90. The zero-order valence-corrected chi connectivity index (χ0v) is 11.3. The van der Waals surface area contributed by atoms with Gasteiger partial charge < -0.3 is 10.0 Å². The van der Waals surface area contributed by atoms with E-state index >= 15 is 0 Å². The van der Waals surface area contributed by atoms with Crippen LogP contribution in [0.1, 0.15) is 12.8 Å². The van der Waals surface area contributed by atoms with Crippen LogP contribution in [0.25, 0.3) is 0 Å². The van der Waals surface area contributed by atoms with Crippen LogP contribution < -0.4 is 4.90 Å². The fraction of sp³-hybridized carbons (Fsp3) is 0.429. The number of hydrogen-bond acceptors (Lipinski definition) is 2. The molecule has 0 spiro atoms. The molecule has 0 radical (unpaired) electrons. The maximum absolute atomic E-state index is 13.6. The summed E-state index contributed by atoms with van der Waals surface area (Å²) in [5.74, 6) is -1.67. The number of para-hydroxylation sites is 1. The first-order chi connectivity index (χ1) is 9.50. The van der Waals surface area contributed by atoms with Gasteiger partial charge in [-0.25, -0.2) is 9.18 Å². The van der Waals surface area contributed by atoms with Crippen LogP contribution in [-0.4, -0.2) is 42.1 Å². The highest BCUT2D eigenvalue weighted by molar-refractivity contribution is 5.91. The smallest absolute Gasteiger partial charge is 0.324 e. The number of nitrogens with zero attached hydrogens (tertiary/aromatic N) is 2. The van der Waals surface area contributed by atoms with Gasteiger partial charge in [-0.1, -0.05) is 12.1 Å². The minimum atomic E-state index is -0.820. The van der Waals surface area contributed by atoms with Gasteiger partial charge in [0.25, 0.3) is 0 Å². The molecule has 1 aliphatic rings. The fourth-order valence-electron chi connectivity index (χ4n) is 2.36. The summed E-state index contributed by atoms with van der Waals surface area (Å²) in [5.41, 5.74) is 0.220. The van der Waals surface area contributed by atoms with Crippen LogP contribution >= 0.6 is 0 Å². The Bertz CT molecular complexity index is 513. The highest BCUT2D eigenvalue weighted by Crippen LogP contribution is 2.22. The van der Waals surface area contributed by atoms with Crippen molar-refractivity contribution in [2.24, 2.45) is 5.92 Å². The minimum absolute atomic E-state index is 0.220. The maximum Gasteiger partial charge on any atom is 0.324 e. The molecule has 6 heteroatoms. The van der Waals surface area contributed by atoms with E-state index in [2.05, 4.69) is 0 Å². The number of anilines is 1. The van der Waals surface area contributed by atoms with Crippen molar-refractivity contribution in [1.29, 1.82) is 0 Å². The Morgan fingerprint density at radius 1 is 1.30 bits per heavy atom. The Hall–Kier alpha value is -2.11. The summed E-state index contributed by atoms with van der Waals surface area (Å²) in [6.45, 7) is 0.767. The van der Waals surface area contributed by atoms with Crippen molar-refractivity contribution in [2.45, 2.75) is 12.8 Å². The van der Waals surface area contributed by atoms with Crippen LogP contribution in [0.15, 0.2) is 24.3 Å². The summed E-state index contributed by atoms with van der Waals surface area (Å²) in [7, 11) is 1.52. The number of halogens is 1. The molecular formula is C14H17FN2O3. The average molecular weight is 280 g/mol. The number of benzene rings is 1. The van der Waals surface area contributed by atoms with E-state index in [0.29, 0.717) is 25.9 Å². The van der Waals surface area contributed by atoms with Gasteiger partial charge in [-0.3, -0.25) is 9.69 Å². The molecule has 2 rings (SSSR count). The molecule has 1 aromatic rings. The van der Waals surface area contributed by atoms with Crippen molar-refractivity contribution in [2.75, 3.05) is 25.0 Å². The predicted molar refractivity (Wildman–Crippen MR) is 72.1 cm³/mol. The zero-order valence-electron chi connectivity index (χ0n) is 11.3. The van der Waals surface area contributed by atoms with Crippen molar-refractivity contribution >= 4 is 17.7 Å². The van der Waals surface area contributed by atoms with Crippen LogP contribution in [0.2, 0.25) is 0 Å². The maximum atomic E-state index is 13.6. The molecule has 20 heavy (non-hydrogen) atoms. The van der Waals surface area contributed by atoms with E-state index in [9.17, 15) is 14.0 Å². The molecule has 5 nitrogen and oxygen atoms in total. The molecule has 0 aliphatic carbocycles. The lowest BCUT2D eigenvalue weighted by atomic mass is 9.97. The van der Waals surface area contributed by atoms with Gasteiger partial charge in [-0.2, -0.15) is 0 Å². The van der Waals surface area contributed by atoms with Crippen LogP contribution in [0.5, 0.6) is 0 Å². The van der Waals surface area contributed by atoms with Gasteiger partial charge in [-0.15, -0.1) is 0 Å². The number of likely N-dealkylation sites (tertiary alicyclic amines) is 1. The van der Waals surface area contributed by atoms with Crippen LogP contribution in [0, 0.1) is 11.7 Å². The molecule has 1 saturated heterocycles. The minimum Gasteiger partial charge on any atom is -0.481 e. The molecule has 108 valence electrons. The number of carbonyl (C=O) groups is 2. The van der Waals surface area contributed by atoms with E-state index in [4.69, 9.17) is 5.11 Å². The number of carboxylic acid groups (broad SMARTS) is 1. The molecule has 1 aromatic carbocycles. The number of urea groups is 1. The molecule has 1 N–H and O–H groups in total. The highest BCUT2D eigenvalue weighted by Gasteiger charge is 2.29. The first kappa shape index (κ1) is 14.3. The van der Waals surface area contributed by atoms with E-state index in [1.54, 1.807) is 17.0 Å². The van der Waals surface area contributed by atoms with Crippen molar-refractivity contribution in [3.05, 3.63) is 30.1 Å². The molecule has 1 fully saturated rings. The standard InChI is InChI=1S/C14H17FN2O3/c1-16(12-5-3-2-4-11(12)15)14(20)17-8-6-10(7-9-17)13(18)19/h2-5,10H,6-9H2,1H3,(H,18,19). The van der Waals surface area contributed by atoms with E-state index in [-0.39, 0.29) is 11.7 Å². The van der Waals surface area contributed by atoms with Gasteiger partial charge in [0.05, 0.1) is 11.6 Å². The zero-order chi connectivity index (χ0) is 14.7. The Morgan fingerprint density at radius 3 is 2.45 bits per heavy atom. The molecule has 2 amide bonds. The van der Waals surface area contributed by atoms with Crippen LogP contribution in [0.3, 0.4) is 0 Å². The number of aliphatic carboxylic acids is 1. The fourth-order valence-corrected chi connectivity index (χ4v) is 2.36. The van der Waals surface area contributed by atoms with Gasteiger partial charge in [0.2, 0.25) is 0 Å². The number of amides is 2. The number of rotatable bonds is 2. The summed E-state index contributed by atoms with van der Waals surface area (Å²) >= 11 is 0. The molecule has 0 bridgehead atoms. The quantitative estimate of drug-likeness (QED) is 0.903. The van der Waals surface area contributed by atoms with Crippen molar-refractivity contribution in [1.82, 2.24) is 4.90 Å². The number of carboxylic acids is 1. The summed E-state index contributed by atoms with van der Waals surface area (Å²) < 4.78 is 13.6. The monoisotopic (exact) mass is 280 g/mol. The van der Waals surface area contributed by atoms with Gasteiger partial charge in [0.1, 0.15) is 5.82 Å². The first-order valence-corrected chi connectivity index (χ1v) is 6.50.